The minimum absolute atomic E-state index is 0.153. The smallest absolute Gasteiger partial charge is 0.231 e. The van der Waals surface area contributed by atoms with Crippen LogP contribution in [0.1, 0.15) is 36.4 Å². The lowest BCUT2D eigenvalue weighted by Gasteiger charge is -2.33. The number of ketones is 1. The van der Waals surface area contributed by atoms with Gasteiger partial charge in [0.25, 0.3) is 0 Å². The van der Waals surface area contributed by atoms with E-state index < -0.39 is 0 Å². The van der Waals surface area contributed by atoms with E-state index >= 15 is 0 Å². The maximum atomic E-state index is 12.7. The van der Waals surface area contributed by atoms with Crippen molar-refractivity contribution in [1.29, 1.82) is 0 Å². The lowest BCUT2D eigenvalue weighted by atomic mass is 9.77. The molecule has 0 saturated carbocycles. The van der Waals surface area contributed by atoms with Crippen molar-refractivity contribution in [2.24, 2.45) is 0 Å². The molecule has 0 bridgehead atoms. The van der Waals surface area contributed by atoms with E-state index in [1.807, 2.05) is 30.3 Å². The fourth-order valence-corrected chi connectivity index (χ4v) is 3.81. The number of hydrogen-bond acceptors (Lipinski definition) is 5. The van der Waals surface area contributed by atoms with E-state index in [1.54, 1.807) is 6.20 Å². The largest absolute Gasteiger partial charge is 0.454 e. The van der Waals surface area contributed by atoms with Crippen LogP contribution in [0.2, 0.25) is 0 Å². The number of anilines is 1. The monoisotopic (exact) mass is 320 g/mol. The van der Waals surface area contributed by atoms with E-state index in [4.69, 9.17) is 9.47 Å². The highest BCUT2D eigenvalue weighted by Gasteiger charge is 2.37. The van der Waals surface area contributed by atoms with Crippen molar-refractivity contribution in [1.82, 2.24) is 4.98 Å². The van der Waals surface area contributed by atoms with Crippen LogP contribution in [0.25, 0.3) is 0 Å². The van der Waals surface area contributed by atoms with Gasteiger partial charge in [0.2, 0.25) is 6.79 Å². The molecule has 1 atom stereocenters. The average molecular weight is 320 g/mol. The number of allylic oxidation sites excluding steroid dienone is 2. The third kappa shape index (κ3) is 1.94. The number of carbonyl (C=O) groups is 1. The number of Topliss-reactive ketones (excluding diaryl/α,β-unsaturated/α-hetero) is 1. The molecule has 5 nitrogen and oxygen atoms in total. The van der Waals surface area contributed by atoms with E-state index in [0.29, 0.717) is 6.42 Å². The van der Waals surface area contributed by atoms with Crippen molar-refractivity contribution in [2.75, 3.05) is 12.1 Å². The minimum Gasteiger partial charge on any atom is -0.454 e. The summed E-state index contributed by atoms with van der Waals surface area (Å²) in [5.41, 5.74) is 4.76. The molecule has 1 aliphatic carbocycles. The first-order chi connectivity index (χ1) is 11.8. The highest BCUT2D eigenvalue weighted by molar-refractivity contribution is 6.01. The van der Waals surface area contributed by atoms with Gasteiger partial charge in [0.1, 0.15) is 0 Å². The summed E-state index contributed by atoms with van der Waals surface area (Å²) in [7, 11) is 0. The molecule has 0 radical (unpaired) electrons. The van der Waals surface area contributed by atoms with Crippen molar-refractivity contribution >= 4 is 11.5 Å². The molecule has 2 aliphatic heterocycles. The van der Waals surface area contributed by atoms with E-state index in [0.717, 1.165) is 52.6 Å². The summed E-state index contributed by atoms with van der Waals surface area (Å²) in [5.74, 6) is 1.53. The SMILES string of the molecule is O=C1CCCC2=C1[C@H](c1ccccn1)c1cc3c(cc1N2)OCO3. The summed E-state index contributed by atoms with van der Waals surface area (Å²) < 4.78 is 11.0. The van der Waals surface area contributed by atoms with E-state index in [2.05, 4.69) is 10.3 Å². The molecule has 24 heavy (non-hydrogen) atoms. The first-order valence-electron chi connectivity index (χ1n) is 8.19. The number of benzene rings is 1. The van der Waals surface area contributed by atoms with E-state index in [1.165, 1.54) is 0 Å². The molecule has 5 rings (SSSR count). The number of fused-ring (bicyclic) bond motifs is 2. The van der Waals surface area contributed by atoms with Gasteiger partial charge in [0.15, 0.2) is 17.3 Å². The maximum Gasteiger partial charge on any atom is 0.231 e. The number of carbonyl (C=O) groups excluding carboxylic acids is 1. The Hall–Kier alpha value is -2.82. The minimum atomic E-state index is -0.153. The van der Waals surface area contributed by atoms with Gasteiger partial charge in [-0.2, -0.15) is 0 Å². The molecule has 1 aromatic carbocycles. The maximum absolute atomic E-state index is 12.7. The number of ether oxygens (including phenoxy) is 2. The van der Waals surface area contributed by atoms with Gasteiger partial charge in [-0.05, 0) is 36.6 Å². The Morgan fingerprint density at radius 2 is 2.00 bits per heavy atom. The summed E-state index contributed by atoms with van der Waals surface area (Å²) >= 11 is 0. The fourth-order valence-electron chi connectivity index (χ4n) is 3.81. The van der Waals surface area contributed by atoms with Gasteiger partial charge in [0, 0.05) is 35.6 Å². The number of aromatic nitrogens is 1. The average Bonchev–Trinajstić information content (AvgIpc) is 3.06. The number of nitrogens with zero attached hydrogens (tertiary/aromatic N) is 1. The highest BCUT2D eigenvalue weighted by Crippen LogP contribution is 2.48. The molecule has 1 aromatic heterocycles. The predicted octanol–water partition coefficient (Wildman–Crippen LogP) is 3.37. The van der Waals surface area contributed by atoms with Crippen LogP contribution in [0.4, 0.5) is 5.69 Å². The van der Waals surface area contributed by atoms with Gasteiger partial charge in [-0.3, -0.25) is 9.78 Å². The molecule has 0 spiro atoms. The molecule has 3 heterocycles. The van der Waals surface area contributed by atoms with Crippen LogP contribution >= 0.6 is 0 Å². The highest BCUT2D eigenvalue weighted by atomic mass is 16.7. The Balaban J connectivity index is 1.74. The first-order valence-corrected chi connectivity index (χ1v) is 8.19. The molecular formula is C19H16N2O3. The molecule has 120 valence electrons. The molecule has 0 amide bonds. The Kier molecular flexibility index (Phi) is 2.89. The van der Waals surface area contributed by atoms with Crippen molar-refractivity contribution in [3.63, 3.8) is 0 Å². The number of rotatable bonds is 1. The Labute approximate surface area is 139 Å². The van der Waals surface area contributed by atoms with Crippen LogP contribution in [0.5, 0.6) is 11.5 Å². The molecule has 2 aromatic rings. The van der Waals surface area contributed by atoms with Crippen LogP contribution < -0.4 is 14.8 Å². The van der Waals surface area contributed by atoms with Gasteiger partial charge in [-0.15, -0.1) is 0 Å². The van der Waals surface area contributed by atoms with E-state index in [9.17, 15) is 4.79 Å². The van der Waals surface area contributed by atoms with Crippen LogP contribution in [-0.4, -0.2) is 17.6 Å². The van der Waals surface area contributed by atoms with Crippen molar-refractivity contribution < 1.29 is 14.3 Å². The second-order valence-corrected chi connectivity index (χ2v) is 6.27. The zero-order chi connectivity index (χ0) is 16.1. The zero-order valence-corrected chi connectivity index (χ0v) is 13.0. The number of nitrogens with one attached hydrogen (secondary N) is 1. The lowest BCUT2D eigenvalue weighted by Crippen LogP contribution is -2.27. The van der Waals surface area contributed by atoms with Crippen LogP contribution in [-0.2, 0) is 4.79 Å². The van der Waals surface area contributed by atoms with Crippen LogP contribution in [0.3, 0.4) is 0 Å². The lowest BCUT2D eigenvalue weighted by molar-refractivity contribution is -0.116. The summed E-state index contributed by atoms with van der Waals surface area (Å²) in [6, 6.07) is 9.79. The Bertz CT molecular complexity index is 874. The zero-order valence-electron chi connectivity index (χ0n) is 13.0. The Morgan fingerprint density at radius 1 is 1.12 bits per heavy atom. The quantitative estimate of drug-likeness (QED) is 0.873. The second kappa shape index (κ2) is 5.09. The summed E-state index contributed by atoms with van der Waals surface area (Å²) in [6.07, 6.45) is 4.15. The van der Waals surface area contributed by atoms with Gasteiger partial charge in [-0.25, -0.2) is 0 Å². The molecule has 0 fully saturated rings. The summed E-state index contributed by atoms with van der Waals surface area (Å²) in [4.78, 5) is 17.2. The third-order valence-corrected chi connectivity index (χ3v) is 4.87. The standard InChI is InChI=1S/C19H16N2O3/c22-15-6-3-5-13-19(15)18(12-4-1-2-7-20-12)11-8-16-17(24-10-23-16)9-14(11)21-13/h1-2,4,7-9,18,21H,3,5-6,10H2/t18-/m0/s1. The second-order valence-electron chi connectivity index (χ2n) is 6.27. The molecule has 3 aliphatic rings. The first kappa shape index (κ1) is 13.6. The molecule has 1 N–H and O–H groups in total. The van der Waals surface area contributed by atoms with Crippen LogP contribution in [0, 0.1) is 0 Å². The van der Waals surface area contributed by atoms with Gasteiger partial charge >= 0.3 is 0 Å². The van der Waals surface area contributed by atoms with Gasteiger partial charge in [0.05, 0.1) is 11.6 Å². The fraction of sp³-hybridized carbons (Fsp3) is 0.263. The van der Waals surface area contributed by atoms with Crippen molar-refractivity contribution in [3.8, 4) is 11.5 Å². The van der Waals surface area contributed by atoms with Gasteiger partial charge < -0.3 is 14.8 Å². The predicted molar refractivity (Wildman–Crippen MR) is 88.2 cm³/mol. The summed E-state index contributed by atoms with van der Waals surface area (Å²) in [6.45, 7) is 0.235. The number of pyridine rings is 1. The molecule has 5 heteroatoms. The molecule has 0 unspecified atom stereocenters. The molecular weight excluding hydrogens is 304 g/mol. The normalized spacial score (nSPS) is 21.2. The Morgan fingerprint density at radius 3 is 2.83 bits per heavy atom. The van der Waals surface area contributed by atoms with Crippen molar-refractivity contribution in [2.45, 2.75) is 25.2 Å². The topological polar surface area (TPSA) is 60.5 Å². The van der Waals surface area contributed by atoms with E-state index in [-0.39, 0.29) is 18.5 Å². The molecule has 0 saturated heterocycles. The third-order valence-electron chi connectivity index (χ3n) is 4.87. The van der Waals surface area contributed by atoms with Crippen LogP contribution in [0.15, 0.2) is 47.8 Å². The summed E-state index contributed by atoms with van der Waals surface area (Å²) in [5, 5.41) is 3.45. The van der Waals surface area contributed by atoms with Crippen molar-refractivity contribution in [3.05, 3.63) is 59.1 Å². The van der Waals surface area contributed by atoms with Gasteiger partial charge in [-0.1, -0.05) is 6.07 Å². The number of hydrogen-bond donors (Lipinski definition) is 1.